The van der Waals surface area contributed by atoms with Crippen molar-refractivity contribution in [3.8, 4) is 11.1 Å². The van der Waals surface area contributed by atoms with Crippen LogP contribution in [0.2, 0.25) is 0 Å². The zero-order valence-electron chi connectivity index (χ0n) is 14.7. The van der Waals surface area contributed by atoms with Crippen molar-refractivity contribution in [2.75, 3.05) is 40.3 Å². The average molecular weight is 324 g/mol. The van der Waals surface area contributed by atoms with Gasteiger partial charge in [-0.2, -0.15) is 0 Å². The van der Waals surface area contributed by atoms with E-state index >= 15 is 0 Å². The lowest BCUT2D eigenvalue weighted by molar-refractivity contribution is 0.183. The van der Waals surface area contributed by atoms with Crippen molar-refractivity contribution < 1.29 is 5.11 Å². The molecule has 0 radical (unpaired) electrons. The van der Waals surface area contributed by atoms with Gasteiger partial charge in [-0.3, -0.25) is 4.90 Å². The van der Waals surface area contributed by atoms with Gasteiger partial charge in [-0.1, -0.05) is 48.5 Å². The van der Waals surface area contributed by atoms with Crippen LogP contribution in [0.1, 0.15) is 5.56 Å². The molecule has 24 heavy (non-hydrogen) atoms. The maximum Gasteiger partial charge on any atom is 0.0475 e. The number of nitrogens with zero attached hydrogens (tertiary/aromatic N) is 2. The van der Waals surface area contributed by atoms with Crippen molar-refractivity contribution in [1.29, 1.82) is 0 Å². The summed E-state index contributed by atoms with van der Waals surface area (Å²) in [4.78, 5) is 4.71. The molecule has 0 unspecified atom stereocenters. The van der Waals surface area contributed by atoms with Gasteiger partial charge >= 0.3 is 0 Å². The van der Waals surface area contributed by atoms with Crippen LogP contribution in [0.25, 0.3) is 11.1 Å². The Morgan fingerprint density at radius 3 is 2.38 bits per heavy atom. The van der Waals surface area contributed by atoms with Crippen molar-refractivity contribution in [2.24, 2.45) is 11.8 Å². The minimum atomic E-state index is 0.291. The Kier molecular flexibility index (Phi) is 5.67. The number of aliphatic hydroxyl groups excluding tert-OH is 1. The number of likely N-dealkylation sites (tertiary alicyclic amines) is 1. The molecule has 0 amide bonds. The summed E-state index contributed by atoms with van der Waals surface area (Å²) >= 11 is 0. The first kappa shape index (κ1) is 17.2. The van der Waals surface area contributed by atoms with Gasteiger partial charge in [0, 0.05) is 32.8 Å². The highest BCUT2D eigenvalue weighted by Gasteiger charge is 2.32. The van der Waals surface area contributed by atoms with E-state index in [0.717, 1.165) is 26.2 Å². The van der Waals surface area contributed by atoms with Crippen LogP contribution in [-0.4, -0.2) is 55.2 Å². The SMILES string of the molecule is CN(C)C[C@@H]1CN(Cc2cccc(-c3ccccc3)c2)C[C@@H]1CO. The highest BCUT2D eigenvalue weighted by molar-refractivity contribution is 5.63. The minimum absolute atomic E-state index is 0.291. The van der Waals surface area contributed by atoms with E-state index < -0.39 is 0 Å². The van der Waals surface area contributed by atoms with E-state index in [1.165, 1.54) is 16.7 Å². The Hall–Kier alpha value is -1.68. The summed E-state index contributed by atoms with van der Waals surface area (Å²) in [6, 6.07) is 19.4. The molecule has 1 saturated heterocycles. The van der Waals surface area contributed by atoms with Gasteiger partial charge in [0.1, 0.15) is 0 Å². The van der Waals surface area contributed by atoms with Crippen LogP contribution in [0.3, 0.4) is 0 Å². The predicted octanol–water partition coefficient (Wildman–Crippen LogP) is 2.96. The molecule has 1 heterocycles. The summed E-state index contributed by atoms with van der Waals surface area (Å²) in [5.41, 5.74) is 3.88. The molecule has 2 aromatic rings. The van der Waals surface area contributed by atoms with Crippen LogP contribution in [0.4, 0.5) is 0 Å². The van der Waals surface area contributed by atoms with Crippen molar-refractivity contribution in [1.82, 2.24) is 9.80 Å². The second-order valence-corrected chi connectivity index (χ2v) is 7.23. The van der Waals surface area contributed by atoms with Crippen LogP contribution in [0.5, 0.6) is 0 Å². The van der Waals surface area contributed by atoms with Gasteiger partial charge in [0.25, 0.3) is 0 Å². The maximum absolute atomic E-state index is 9.68. The smallest absolute Gasteiger partial charge is 0.0475 e. The lowest BCUT2D eigenvalue weighted by Gasteiger charge is -2.20. The Morgan fingerprint density at radius 1 is 0.958 bits per heavy atom. The first-order valence-corrected chi connectivity index (χ1v) is 8.78. The first-order valence-electron chi connectivity index (χ1n) is 8.78. The lowest BCUT2D eigenvalue weighted by atomic mass is 9.97. The van der Waals surface area contributed by atoms with E-state index in [0.29, 0.717) is 18.4 Å². The summed E-state index contributed by atoms with van der Waals surface area (Å²) in [5.74, 6) is 0.951. The highest BCUT2D eigenvalue weighted by Crippen LogP contribution is 2.26. The summed E-state index contributed by atoms with van der Waals surface area (Å²) in [6.45, 7) is 4.36. The fraction of sp³-hybridized carbons (Fsp3) is 0.429. The molecule has 1 fully saturated rings. The van der Waals surface area contributed by atoms with Gasteiger partial charge in [-0.15, -0.1) is 0 Å². The van der Waals surface area contributed by atoms with E-state index in [-0.39, 0.29) is 0 Å². The molecule has 1 aliphatic rings. The van der Waals surface area contributed by atoms with E-state index in [2.05, 4.69) is 78.5 Å². The van der Waals surface area contributed by atoms with Gasteiger partial charge in [0.2, 0.25) is 0 Å². The number of hydrogen-bond acceptors (Lipinski definition) is 3. The van der Waals surface area contributed by atoms with Crippen molar-refractivity contribution in [3.05, 3.63) is 60.2 Å². The second kappa shape index (κ2) is 7.93. The van der Waals surface area contributed by atoms with Crippen LogP contribution >= 0.6 is 0 Å². The average Bonchev–Trinajstić information content (AvgIpc) is 2.96. The number of hydrogen-bond donors (Lipinski definition) is 1. The fourth-order valence-corrected chi connectivity index (χ4v) is 3.79. The molecule has 0 bridgehead atoms. The van der Waals surface area contributed by atoms with Crippen molar-refractivity contribution >= 4 is 0 Å². The molecule has 3 rings (SSSR count). The third-order valence-corrected chi connectivity index (χ3v) is 4.93. The van der Waals surface area contributed by atoms with Crippen molar-refractivity contribution in [3.63, 3.8) is 0 Å². The zero-order valence-corrected chi connectivity index (χ0v) is 14.7. The second-order valence-electron chi connectivity index (χ2n) is 7.23. The lowest BCUT2D eigenvalue weighted by Crippen LogP contribution is -2.28. The first-order chi connectivity index (χ1) is 11.7. The zero-order chi connectivity index (χ0) is 16.9. The quantitative estimate of drug-likeness (QED) is 0.885. The van der Waals surface area contributed by atoms with Gasteiger partial charge in [0.15, 0.2) is 0 Å². The maximum atomic E-state index is 9.68. The number of rotatable bonds is 6. The van der Waals surface area contributed by atoms with E-state index in [9.17, 15) is 5.11 Å². The molecule has 2 aromatic carbocycles. The molecule has 0 aromatic heterocycles. The molecule has 128 valence electrons. The molecule has 0 spiro atoms. The fourth-order valence-electron chi connectivity index (χ4n) is 3.79. The van der Waals surface area contributed by atoms with Crippen LogP contribution in [0, 0.1) is 11.8 Å². The third kappa shape index (κ3) is 4.23. The van der Waals surface area contributed by atoms with Crippen LogP contribution in [-0.2, 0) is 6.54 Å². The van der Waals surface area contributed by atoms with Crippen LogP contribution < -0.4 is 0 Å². The molecular formula is C21H28N2O. The predicted molar refractivity (Wildman–Crippen MR) is 99.8 cm³/mol. The Morgan fingerprint density at radius 2 is 1.67 bits per heavy atom. The minimum Gasteiger partial charge on any atom is -0.396 e. The number of benzene rings is 2. The van der Waals surface area contributed by atoms with Crippen molar-refractivity contribution in [2.45, 2.75) is 6.54 Å². The molecule has 1 aliphatic heterocycles. The summed E-state index contributed by atoms with van der Waals surface area (Å²) in [6.07, 6.45) is 0. The molecule has 0 saturated carbocycles. The summed E-state index contributed by atoms with van der Waals surface area (Å²) in [7, 11) is 4.22. The number of aliphatic hydroxyl groups is 1. The normalized spacial score (nSPS) is 21.5. The van der Waals surface area contributed by atoms with E-state index in [1.807, 2.05) is 0 Å². The van der Waals surface area contributed by atoms with E-state index in [4.69, 9.17) is 0 Å². The highest BCUT2D eigenvalue weighted by atomic mass is 16.3. The molecular weight excluding hydrogens is 296 g/mol. The Balaban J connectivity index is 1.68. The largest absolute Gasteiger partial charge is 0.396 e. The molecule has 3 nitrogen and oxygen atoms in total. The van der Waals surface area contributed by atoms with E-state index in [1.54, 1.807) is 0 Å². The molecule has 0 aliphatic carbocycles. The molecule has 2 atom stereocenters. The summed E-state index contributed by atoms with van der Waals surface area (Å²) in [5, 5.41) is 9.68. The topological polar surface area (TPSA) is 26.7 Å². The molecule has 1 N–H and O–H groups in total. The van der Waals surface area contributed by atoms with Gasteiger partial charge < -0.3 is 10.0 Å². The van der Waals surface area contributed by atoms with Gasteiger partial charge in [0.05, 0.1) is 0 Å². The third-order valence-electron chi connectivity index (χ3n) is 4.93. The van der Waals surface area contributed by atoms with Crippen LogP contribution in [0.15, 0.2) is 54.6 Å². The summed E-state index contributed by atoms with van der Waals surface area (Å²) < 4.78 is 0. The van der Waals surface area contributed by atoms with Gasteiger partial charge in [-0.05, 0) is 48.7 Å². The molecule has 3 heteroatoms. The Labute approximate surface area is 145 Å². The van der Waals surface area contributed by atoms with Gasteiger partial charge in [-0.25, -0.2) is 0 Å². The monoisotopic (exact) mass is 324 g/mol. The standard InChI is InChI=1S/C21H28N2O/c1-22(2)13-20-14-23(15-21(20)16-24)12-17-7-6-10-19(11-17)18-8-4-3-5-9-18/h3-11,20-21,24H,12-16H2,1-2H3/t20-,21-/m1/s1. The Bertz CT molecular complexity index is 641.